The lowest BCUT2D eigenvalue weighted by Gasteiger charge is -2.04. The van der Waals surface area contributed by atoms with Crippen LogP contribution in [0.5, 0.6) is 0 Å². The maximum absolute atomic E-state index is 12.2. The number of hydrogen-bond donors (Lipinski definition) is 2. The van der Waals surface area contributed by atoms with Crippen molar-refractivity contribution in [2.24, 2.45) is 0 Å². The van der Waals surface area contributed by atoms with Crippen LogP contribution < -0.4 is 11.1 Å². The van der Waals surface area contributed by atoms with Gasteiger partial charge in [-0.3, -0.25) is 4.79 Å². The van der Waals surface area contributed by atoms with E-state index in [0.29, 0.717) is 33.3 Å². The third-order valence-electron chi connectivity index (χ3n) is 2.83. The normalized spacial score (nSPS) is 10.7. The van der Waals surface area contributed by atoms with E-state index in [-0.39, 0.29) is 5.91 Å². The highest BCUT2D eigenvalue weighted by Crippen LogP contribution is 2.30. The molecule has 106 valence electrons. The third kappa shape index (κ3) is 2.65. The standard InChI is InChI=1S/C13H12N6OS/c1-7-15-3-2-8(19-7)6-18-12(20)11-9(14)10-13(21-11)17-5-4-16-10/h2-5H,6,14H2,1H3,(H,18,20). The number of fused-ring (bicyclic) bond motifs is 1. The Labute approximate surface area is 124 Å². The maximum Gasteiger partial charge on any atom is 0.263 e. The molecule has 3 heterocycles. The fraction of sp³-hybridized carbons (Fsp3) is 0.154. The molecule has 0 aliphatic carbocycles. The van der Waals surface area contributed by atoms with Crippen molar-refractivity contribution in [3.63, 3.8) is 0 Å². The third-order valence-corrected chi connectivity index (χ3v) is 3.93. The molecule has 3 aromatic rings. The Balaban J connectivity index is 1.79. The summed E-state index contributed by atoms with van der Waals surface area (Å²) in [6, 6.07) is 1.75. The summed E-state index contributed by atoms with van der Waals surface area (Å²) in [6.07, 6.45) is 4.78. The summed E-state index contributed by atoms with van der Waals surface area (Å²) in [5.41, 5.74) is 7.62. The number of aryl methyl sites for hydroxylation is 1. The first-order valence-corrected chi connectivity index (χ1v) is 7.02. The van der Waals surface area contributed by atoms with Crippen LogP contribution in [0.1, 0.15) is 21.2 Å². The minimum Gasteiger partial charge on any atom is -0.396 e. The highest BCUT2D eigenvalue weighted by Gasteiger charge is 2.17. The van der Waals surface area contributed by atoms with Crippen molar-refractivity contribution in [2.45, 2.75) is 13.5 Å². The summed E-state index contributed by atoms with van der Waals surface area (Å²) in [6.45, 7) is 2.11. The first kappa shape index (κ1) is 13.4. The molecule has 3 aromatic heterocycles. The van der Waals surface area contributed by atoms with E-state index in [4.69, 9.17) is 5.73 Å². The van der Waals surface area contributed by atoms with Gasteiger partial charge in [0.05, 0.1) is 17.9 Å². The number of hydrogen-bond acceptors (Lipinski definition) is 7. The summed E-state index contributed by atoms with van der Waals surface area (Å²) < 4.78 is 0. The van der Waals surface area contributed by atoms with E-state index in [9.17, 15) is 4.79 Å². The van der Waals surface area contributed by atoms with Crippen LogP contribution in [0.15, 0.2) is 24.7 Å². The Morgan fingerprint density at radius 2 is 2.10 bits per heavy atom. The Morgan fingerprint density at radius 1 is 1.29 bits per heavy atom. The van der Waals surface area contributed by atoms with E-state index >= 15 is 0 Å². The monoisotopic (exact) mass is 300 g/mol. The molecule has 0 aromatic carbocycles. The van der Waals surface area contributed by atoms with Gasteiger partial charge in [0.1, 0.15) is 21.0 Å². The average Bonchev–Trinajstić information content (AvgIpc) is 2.83. The minimum atomic E-state index is -0.256. The van der Waals surface area contributed by atoms with Gasteiger partial charge in [-0.1, -0.05) is 0 Å². The second-order valence-electron chi connectivity index (χ2n) is 4.33. The van der Waals surface area contributed by atoms with Gasteiger partial charge in [-0.15, -0.1) is 11.3 Å². The molecule has 0 aliphatic rings. The van der Waals surface area contributed by atoms with Crippen LogP contribution >= 0.6 is 11.3 Å². The van der Waals surface area contributed by atoms with E-state index in [1.54, 1.807) is 31.6 Å². The molecule has 0 atom stereocenters. The molecule has 1 amide bonds. The van der Waals surface area contributed by atoms with Crippen LogP contribution in [0.4, 0.5) is 5.69 Å². The van der Waals surface area contributed by atoms with Crippen LogP contribution in [-0.4, -0.2) is 25.8 Å². The lowest BCUT2D eigenvalue weighted by Crippen LogP contribution is -2.23. The first-order valence-electron chi connectivity index (χ1n) is 6.21. The molecule has 0 aliphatic heterocycles. The van der Waals surface area contributed by atoms with E-state index in [0.717, 1.165) is 5.69 Å². The summed E-state index contributed by atoms with van der Waals surface area (Å²) >= 11 is 1.23. The number of nitrogens with two attached hydrogens (primary N) is 1. The number of nitrogens with zero attached hydrogens (tertiary/aromatic N) is 4. The Kier molecular flexibility index (Phi) is 3.44. The van der Waals surface area contributed by atoms with Crippen molar-refractivity contribution >= 4 is 33.3 Å². The minimum absolute atomic E-state index is 0.256. The predicted octanol–water partition coefficient (Wildman–Crippen LogP) is 1.30. The van der Waals surface area contributed by atoms with Crippen molar-refractivity contribution in [3.05, 3.63) is 41.1 Å². The van der Waals surface area contributed by atoms with Gasteiger partial charge in [0.2, 0.25) is 0 Å². The van der Waals surface area contributed by atoms with Gasteiger partial charge < -0.3 is 11.1 Å². The van der Waals surface area contributed by atoms with Crippen LogP contribution in [0.3, 0.4) is 0 Å². The zero-order valence-electron chi connectivity index (χ0n) is 11.2. The summed E-state index contributed by atoms with van der Waals surface area (Å²) in [5.74, 6) is 0.407. The van der Waals surface area contributed by atoms with Crippen molar-refractivity contribution in [3.8, 4) is 0 Å². The van der Waals surface area contributed by atoms with Gasteiger partial charge in [-0.2, -0.15) is 0 Å². The van der Waals surface area contributed by atoms with Gasteiger partial charge >= 0.3 is 0 Å². The van der Waals surface area contributed by atoms with Crippen molar-refractivity contribution in [2.75, 3.05) is 5.73 Å². The van der Waals surface area contributed by atoms with Crippen molar-refractivity contribution in [1.29, 1.82) is 0 Å². The lowest BCUT2D eigenvalue weighted by atomic mass is 10.3. The van der Waals surface area contributed by atoms with Gasteiger partial charge in [0, 0.05) is 18.6 Å². The van der Waals surface area contributed by atoms with Crippen LogP contribution in [-0.2, 0) is 6.54 Å². The molecule has 3 rings (SSSR count). The first-order chi connectivity index (χ1) is 10.1. The molecule has 0 saturated carbocycles. The van der Waals surface area contributed by atoms with Crippen LogP contribution in [0, 0.1) is 6.92 Å². The maximum atomic E-state index is 12.2. The number of nitrogens with one attached hydrogen (secondary N) is 1. The molecule has 0 spiro atoms. The summed E-state index contributed by atoms with van der Waals surface area (Å²) in [4.78, 5) is 29.8. The Bertz CT molecular complexity index is 815. The number of carbonyl (C=O) groups excluding carboxylic acids is 1. The number of nitrogen functional groups attached to an aromatic ring is 1. The van der Waals surface area contributed by atoms with E-state index < -0.39 is 0 Å². The Hall–Kier alpha value is -2.61. The van der Waals surface area contributed by atoms with Crippen molar-refractivity contribution < 1.29 is 4.79 Å². The smallest absolute Gasteiger partial charge is 0.263 e. The number of rotatable bonds is 3. The molecule has 0 bridgehead atoms. The SMILES string of the molecule is Cc1nccc(CNC(=O)c2sc3nccnc3c2N)n1. The number of thiophene rings is 1. The average molecular weight is 300 g/mol. The molecule has 21 heavy (non-hydrogen) atoms. The molecule has 7 nitrogen and oxygen atoms in total. The molecule has 0 radical (unpaired) electrons. The molecular weight excluding hydrogens is 288 g/mol. The number of anilines is 1. The molecular formula is C13H12N6OS. The molecule has 0 fully saturated rings. The quantitative estimate of drug-likeness (QED) is 0.755. The van der Waals surface area contributed by atoms with Crippen LogP contribution in [0.2, 0.25) is 0 Å². The molecule has 0 unspecified atom stereocenters. The van der Waals surface area contributed by atoms with Gasteiger partial charge in [0.25, 0.3) is 5.91 Å². The van der Waals surface area contributed by atoms with Gasteiger partial charge in [-0.05, 0) is 13.0 Å². The lowest BCUT2D eigenvalue weighted by molar-refractivity contribution is 0.0955. The zero-order chi connectivity index (χ0) is 14.8. The summed E-state index contributed by atoms with van der Waals surface area (Å²) in [5, 5.41) is 2.79. The summed E-state index contributed by atoms with van der Waals surface area (Å²) in [7, 11) is 0. The highest BCUT2D eigenvalue weighted by atomic mass is 32.1. The predicted molar refractivity (Wildman–Crippen MR) is 79.8 cm³/mol. The fourth-order valence-corrected chi connectivity index (χ4v) is 2.81. The van der Waals surface area contributed by atoms with Gasteiger partial charge in [-0.25, -0.2) is 19.9 Å². The molecule has 0 saturated heterocycles. The number of amides is 1. The Morgan fingerprint density at radius 3 is 2.86 bits per heavy atom. The highest BCUT2D eigenvalue weighted by molar-refractivity contribution is 7.21. The zero-order valence-corrected chi connectivity index (χ0v) is 12.0. The second kappa shape index (κ2) is 5.41. The number of carbonyl (C=O) groups is 1. The molecule has 3 N–H and O–H groups in total. The van der Waals surface area contributed by atoms with Crippen molar-refractivity contribution in [1.82, 2.24) is 25.3 Å². The van der Waals surface area contributed by atoms with E-state index in [1.165, 1.54) is 11.3 Å². The van der Waals surface area contributed by atoms with E-state index in [1.807, 2.05) is 0 Å². The largest absolute Gasteiger partial charge is 0.396 e. The fourth-order valence-electron chi connectivity index (χ4n) is 1.87. The molecule has 8 heteroatoms. The topological polar surface area (TPSA) is 107 Å². The van der Waals surface area contributed by atoms with Gasteiger partial charge in [0.15, 0.2) is 0 Å². The number of aromatic nitrogens is 4. The van der Waals surface area contributed by atoms with Crippen LogP contribution in [0.25, 0.3) is 10.3 Å². The van der Waals surface area contributed by atoms with E-state index in [2.05, 4.69) is 25.3 Å². The second-order valence-corrected chi connectivity index (χ2v) is 5.33.